The Morgan fingerprint density at radius 1 is 1.00 bits per heavy atom. The van der Waals surface area contributed by atoms with Gasteiger partial charge in [-0.25, -0.2) is 9.69 Å². The van der Waals surface area contributed by atoms with Gasteiger partial charge in [0, 0.05) is 18.0 Å². The fourth-order valence-corrected chi connectivity index (χ4v) is 4.04. The van der Waals surface area contributed by atoms with Crippen molar-refractivity contribution < 1.29 is 19.1 Å². The van der Waals surface area contributed by atoms with Crippen LogP contribution in [-0.4, -0.2) is 22.2 Å². The van der Waals surface area contributed by atoms with E-state index in [4.69, 9.17) is 4.74 Å². The minimum Gasteiger partial charge on any atom is -0.457 e. The average Bonchev–Trinajstić information content (AvgIpc) is 3.32. The van der Waals surface area contributed by atoms with Crippen molar-refractivity contribution in [3.63, 3.8) is 0 Å². The van der Waals surface area contributed by atoms with Crippen molar-refractivity contribution >= 4 is 29.0 Å². The van der Waals surface area contributed by atoms with Crippen molar-refractivity contribution in [1.82, 2.24) is 4.40 Å². The molecule has 2 amide bonds. The van der Waals surface area contributed by atoms with Gasteiger partial charge in [0.25, 0.3) is 11.8 Å². The highest BCUT2D eigenvalue weighted by atomic mass is 16.5. The Labute approximate surface area is 189 Å². The number of aryl methyl sites for hydroxylation is 1. The van der Waals surface area contributed by atoms with Crippen LogP contribution in [0, 0.1) is 18.3 Å². The number of para-hydroxylation sites is 1. The monoisotopic (exact) mass is 435 g/mol. The van der Waals surface area contributed by atoms with Crippen molar-refractivity contribution in [2.24, 2.45) is 0 Å². The first-order valence-electron chi connectivity index (χ1n) is 10.2. The Hall–Kier alpha value is -4.70. The molecule has 0 radical (unpaired) electrons. The zero-order chi connectivity index (χ0) is 23.1. The number of nitrogens with zero attached hydrogens (tertiary/aromatic N) is 3. The van der Waals surface area contributed by atoms with Crippen LogP contribution >= 0.6 is 0 Å². The molecule has 0 saturated carbocycles. The van der Waals surface area contributed by atoms with Crippen LogP contribution in [0.2, 0.25) is 0 Å². The molecule has 0 unspecified atom stereocenters. The highest BCUT2D eigenvalue weighted by molar-refractivity contribution is 6.34. The molecule has 0 fully saturated rings. The molecule has 5 rings (SSSR count). The third-order valence-electron chi connectivity index (χ3n) is 5.71. The number of ether oxygens (including phenoxy) is 1. The van der Waals surface area contributed by atoms with E-state index in [1.807, 2.05) is 43.5 Å². The third-order valence-corrected chi connectivity index (χ3v) is 5.71. The van der Waals surface area contributed by atoms with Crippen LogP contribution < -0.4 is 4.90 Å². The van der Waals surface area contributed by atoms with Crippen LogP contribution in [-0.2, 0) is 11.3 Å². The number of aromatic nitrogens is 1. The van der Waals surface area contributed by atoms with Crippen LogP contribution in [0.5, 0.6) is 0 Å². The van der Waals surface area contributed by atoms with Crippen LogP contribution in [0.4, 0.5) is 5.69 Å². The molecule has 2 aromatic carbocycles. The van der Waals surface area contributed by atoms with Gasteiger partial charge < -0.3 is 9.14 Å². The summed E-state index contributed by atoms with van der Waals surface area (Å²) in [7, 11) is 0. The lowest BCUT2D eigenvalue weighted by Gasteiger charge is -2.16. The van der Waals surface area contributed by atoms with Crippen molar-refractivity contribution in [2.45, 2.75) is 13.5 Å². The Bertz CT molecular complexity index is 1510. The molecule has 1 aliphatic heterocycles. The minimum atomic E-state index is -0.647. The van der Waals surface area contributed by atoms with Crippen LogP contribution in [0.25, 0.3) is 5.52 Å². The molecule has 0 saturated heterocycles. The number of fused-ring (bicyclic) bond motifs is 2. The number of anilines is 1. The van der Waals surface area contributed by atoms with E-state index in [9.17, 15) is 19.6 Å². The maximum absolute atomic E-state index is 13.0. The van der Waals surface area contributed by atoms with E-state index in [0.717, 1.165) is 16.0 Å². The largest absolute Gasteiger partial charge is 0.457 e. The minimum absolute atomic E-state index is 0.0945. The van der Waals surface area contributed by atoms with Gasteiger partial charge >= 0.3 is 5.97 Å². The summed E-state index contributed by atoms with van der Waals surface area (Å²) < 4.78 is 7.22. The van der Waals surface area contributed by atoms with Gasteiger partial charge in [0.2, 0.25) is 0 Å². The van der Waals surface area contributed by atoms with Crippen molar-refractivity contribution in [3.05, 3.63) is 106 Å². The predicted octanol–water partition coefficient (Wildman–Crippen LogP) is 4.28. The lowest BCUT2D eigenvalue weighted by Crippen LogP contribution is -2.29. The lowest BCUT2D eigenvalue weighted by molar-refractivity contribution is 0.0472. The molecule has 0 N–H and O–H groups in total. The molecule has 0 atom stereocenters. The molecule has 33 heavy (non-hydrogen) atoms. The van der Waals surface area contributed by atoms with Gasteiger partial charge in [0.05, 0.1) is 33.5 Å². The van der Waals surface area contributed by atoms with E-state index in [2.05, 4.69) is 6.07 Å². The number of imide groups is 1. The molecule has 7 nitrogen and oxygen atoms in total. The number of pyridine rings is 1. The number of esters is 1. The van der Waals surface area contributed by atoms with Gasteiger partial charge in [-0.05, 0) is 48.9 Å². The van der Waals surface area contributed by atoms with E-state index in [1.54, 1.807) is 22.7 Å². The quantitative estimate of drug-likeness (QED) is 0.352. The fourth-order valence-electron chi connectivity index (χ4n) is 4.04. The summed E-state index contributed by atoms with van der Waals surface area (Å²) in [5.74, 6) is -1.56. The average molecular weight is 435 g/mol. The summed E-state index contributed by atoms with van der Waals surface area (Å²) in [6, 6.07) is 19.1. The van der Waals surface area contributed by atoms with Gasteiger partial charge in [0.1, 0.15) is 12.7 Å². The normalized spacial score (nSPS) is 12.7. The summed E-state index contributed by atoms with van der Waals surface area (Å²) >= 11 is 0. The Morgan fingerprint density at radius 3 is 2.55 bits per heavy atom. The first-order chi connectivity index (χ1) is 16.0. The molecular formula is C26H17N3O4. The predicted molar refractivity (Wildman–Crippen MR) is 120 cm³/mol. The zero-order valence-electron chi connectivity index (χ0n) is 17.6. The molecule has 4 aromatic rings. The van der Waals surface area contributed by atoms with Crippen molar-refractivity contribution in [3.8, 4) is 6.07 Å². The Kier molecular flexibility index (Phi) is 4.76. The summed E-state index contributed by atoms with van der Waals surface area (Å²) in [5, 5.41) is 9.51. The van der Waals surface area contributed by atoms with Gasteiger partial charge in [0.15, 0.2) is 0 Å². The molecule has 160 valence electrons. The van der Waals surface area contributed by atoms with Crippen LogP contribution in [0.1, 0.15) is 47.8 Å². The summed E-state index contributed by atoms with van der Waals surface area (Å²) in [6.07, 6.45) is 3.55. The number of hydrogen-bond donors (Lipinski definition) is 0. The molecule has 2 aromatic heterocycles. The second-order valence-electron chi connectivity index (χ2n) is 7.70. The summed E-state index contributed by atoms with van der Waals surface area (Å²) in [4.78, 5) is 39.7. The Balaban J connectivity index is 1.39. The fraction of sp³-hybridized carbons (Fsp3) is 0.0769. The smallest absolute Gasteiger partial charge is 0.338 e. The summed E-state index contributed by atoms with van der Waals surface area (Å²) in [5.41, 5.74) is 3.60. The number of rotatable bonds is 4. The highest BCUT2D eigenvalue weighted by Gasteiger charge is 2.37. The first-order valence-corrected chi connectivity index (χ1v) is 10.2. The highest BCUT2D eigenvalue weighted by Crippen LogP contribution is 2.31. The van der Waals surface area contributed by atoms with Crippen molar-refractivity contribution in [2.75, 3.05) is 4.90 Å². The number of carbonyl (C=O) groups is 3. The van der Waals surface area contributed by atoms with E-state index in [-0.39, 0.29) is 23.3 Å². The second kappa shape index (κ2) is 7.77. The molecular weight excluding hydrogens is 418 g/mol. The van der Waals surface area contributed by atoms with E-state index >= 15 is 0 Å². The molecule has 7 heteroatoms. The zero-order valence-corrected chi connectivity index (χ0v) is 17.6. The van der Waals surface area contributed by atoms with Crippen LogP contribution in [0.3, 0.4) is 0 Å². The Morgan fingerprint density at radius 2 is 1.76 bits per heavy atom. The first kappa shape index (κ1) is 20.2. The molecule has 0 bridgehead atoms. The van der Waals surface area contributed by atoms with Gasteiger partial charge in [-0.15, -0.1) is 0 Å². The second-order valence-corrected chi connectivity index (χ2v) is 7.70. The topological polar surface area (TPSA) is 91.9 Å². The van der Waals surface area contributed by atoms with E-state index in [0.29, 0.717) is 16.8 Å². The third kappa shape index (κ3) is 3.25. The molecule has 0 aliphatic carbocycles. The van der Waals surface area contributed by atoms with Gasteiger partial charge in [-0.2, -0.15) is 5.26 Å². The van der Waals surface area contributed by atoms with Crippen LogP contribution in [0.15, 0.2) is 73.1 Å². The lowest BCUT2D eigenvalue weighted by atomic mass is 10.1. The standard InChI is InChI=1S/C26H17N3O4/c1-16-6-2-3-7-22(16)29-24(30)19-10-9-17(12-20(19)25(29)31)26(32)33-15-18-14-28-11-5-4-8-23(28)21(18)13-27/h2-12,14H,15H2,1H3. The van der Waals surface area contributed by atoms with Gasteiger partial charge in [-0.3, -0.25) is 9.59 Å². The summed E-state index contributed by atoms with van der Waals surface area (Å²) in [6.45, 7) is 1.73. The van der Waals surface area contributed by atoms with Gasteiger partial charge in [-0.1, -0.05) is 24.3 Å². The van der Waals surface area contributed by atoms with Crippen molar-refractivity contribution in [1.29, 1.82) is 5.26 Å². The SMILES string of the molecule is Cc1ccccc1N1C(=O)c2ccc(C(=O)OCc3cn4ccccc4c3C#N)cc2C1=O. The number of carbonyl (C=O) groups excluding carboxylic acids is 3. The number of hydrogen-bond acceptors (Lipinski definition) is 5. The van der Waals surface area contributed by atoms with E-state index < -0.39 is 17.8 Å². The number of benzene rings is 2. The number of nitriles is 1. The van der Waals surface area contributed by atoms with E-state index in [1.165, 1.54) is 18.2 Å². The molecule has 1 aliphatic rings. The maximum atomic E-state index is 13.0. The molecule has 3 heterocycles. The molecule has 0 spiro atoms. The maximum Gasteiger partial charge on any atom is 0.338 e. The number of amides is 2.